The third-order valence-electron chi connectivity index (χ3n) is 7.93. The van der Waals surface area contributed by atoms with Crippen molar-refractivity contribution in [3.63, 3.8) is 0 Å². The molecule has 0 saturated heterocycles. The van der Waals surface area contributed by atoms with Crippen LogP contribution >= 0.6 is 0 Å². The SMILES string of the molecule is CCCCCCCCCCCCOc1ccc(-c2nnc(OC(=O)c3ccc(OC[C@H](C)OCCCCCCCC)cc3)o2)cc1. The molecular weight excluding hydrogens is 580 g/mol. The molecule has 1 heterocycles. The minimum absolute atomic E-state index is 0.00916. The van der Waals surface area contributed by atoms with E-state index >= 15 is 0 Å². The average molecular weight is 637 g/mol. The summed E-state index contributed by atoms with van der Waals surface area (Å²) in [6.45, 7) is 8.38. The maximum Gasteiger partial charge on any atom is 0.423 e. The third-order valence-corrected chi connectivity index (χ3v) is 7.93. The van der Waals surface area contributed by atoms with Gasteiger partial charge in [-0.2, -0.15) is 0 Å². The summed E-state index contributed by atoms with van der Waals surface area (Å²) in [6.07, 6.45) is 20.2. The van der Waals surface area contributed by atoms with Crippen molar-refractivity contribution in [3.8, 4) is 29.0 Å². The van der Waals surface area contributed by atoms with Crippen LogP contribution in [-0.4, -0.2) is 42.1 Å². The predicted molar refractivity (Wildman–Crippen MR) is 183 cm³/mol. The number of hydrogen-bond donors (Lipinski definition) is 0. The molecule has 1 atom stereocenters. The number of rotatable bonds is 26. The second-order valence-electron chi connectivity index (χ2n) is 12.1. The molecule has 0 unspecified atom stereocenters. The number of hydrogen-bond acceptors (Lipinski definition) is 8. The van der Waals surface area contributed by atoms with E-state index in [1.54, 1.807) is 24.3 Å². The summed E-state index contributed by atoms with van der Waals surface area (Å²) >= 11 is 0. The molecule has 0 aliphatic rings. The number of carbonyl (C=O) groups is 1. The maximum absolute atomic E-state index is 12.6. The lowest BCUT2D eigenvalue weighted by atomic mass is 10.1. The van der Waals surface area contributed by atoms with Crippen LogP contribution in [0.3, 0.4) is 0 Å². The molecule has 3 aromatic rings. The Morgan fingerprint density at radius 3 is 1.78 bits per heavy atom. The largest absolute Gasteiger partial charge is 0.494 e. The fraction of sp³-hybridized carbons (Fsp3) is 0.605. The van der Waals surface area contributed by atoms with Gasteiger partial charge in [-0.05, 0) is 68.3 Å². The Morgan fingerprint density at radius 2 is 1.17 bits per heavy atom. The van der Waals surface area contributed by atoms with Crippen LogP contribution in [0.4, 0.5) is 0 Å². The molecule has 0 amide bonds. The van der Waals surface area contributed by atoms with Crippen molar-refractivity contribution in [1.29, 1.82) is 0 Å². The molecule has 0 N–H and O–H groups in total. The number of aromatic nitrogens is 2. The summed E-state index contributed by atoms with van der Waals surface area (Å²) in [7, 11) is 0. The van der Waals surface area contributed by atoms with Gasteiger partial charge < -0.3 is 23.4 Å². The Bertz CT molecular complexity index is 1190. The molecule has 0 radical (unpaired) electrons. The summed E-state index contributed by atoms with van der Waals surface area (Å²) in [5.41, 5.74) is 1.07. The second-order valence-corrected chi connectivity index (χ2v) is 12.1. The number of benzene rings is 2. The first-order valence-corrected chi connectivity index (χ1v) is 17.7. The fourth-order valence-corrected chi connectivity index (χ4v) is 5.09. The molecular formula is C38H56N2O6. The van der Waals surface area contributed by atoms with E-state index in [1.165, 1.54) is 89.9 Å². The van der Waals surface area contributed by atoms with Gasteiger partial charge in [0.1, 0.15) is 18.1 Å². The van der Waals surface area contributed by atoms with Crippen LogP contribution in [-0.2, 0) is 4.74 Å². The number of carbonyl (C=O) groups excluding carboxylic acids is 1. The van der Waals surface area contributed by atoms with Gasteiger partial charge >= 0.3 is 12.0 Å². The van der Waals surface area contributed by atoms with Gasteiger partial charge in [-0.25, -0.2) is 4.79 Å². The molecule has 0 aliphatic carbocycles. The van der Waals surface area contributed by atoms with E-state index in [-0.39, 0.29) is 18.1 Å². The van der Waals surface area contributed by atoms with Crippen LogP contribution in [0.15, 0.2) is 52.9 Å². The summed E-state index contributed by atoms with van der Waals surface area (Å²) in [5.74, 6) is 1.13. The van der Waals surface area contributed by atoms with E-state index in [2.05, 4.69) is 24.0 Å². The van der Waals surface area contributed by atoms with E-state index < -0.39 is 5.97 Å². The highest BCUT2D eigenvalue weighted by atomic mass is 16.6. The molecule has 0 fully saturated rings. The first-order chi connectivity index (χ1) is 22.6. The van der Waals surface area contributed by atoms with Crippen LogP contribution in [0, 0.1) is 0 Å². The summed E-state index contributed by atoms with van der Waals surface area (Å²) in [4.78, 5) is 12.6. The van der Waals surface area contributed by atoms with E-state index in [0.29, 0.717) is 30.1 Å². The molecule has 8 nitrogen and oxygen atoms in total. The van der Waals surface area contributed by atoms with Crippen LogP contribution in [0.2, 0.25) is 0 Å². The van der Waals surface area contributed by atoms with Crippen molar-refractivity contribution >= 4 is 5.97 Å². The Hall–Kier alpha value is -3.39. The van der Waals surface area contributed by atoms with Crippen LogP contribution < -0.4 is 14.2 Å². The molecule has 2 aromatic carbocycles. The summed E-state index contributed by atoms with van der Waals surface area (Å²) < 4.78 is 28.5. The van der Waals surface area contributed by atoms with Gasteiger partial charge in [0.2, 0.25) is 0 Å². The molecule has 8 heteroatoms. The zero-order chi connectivity index (χ0) is 32.7. The Labute approximate surface area is 276 Å². The molecule has 254 valence electrons. The summed E-state index contributed by atoms with van der Waals surface area (Å²) in [5, 5.41) is 7.90. The van der Waals surface area contributed by atoms with Crippen molar-refractivity contribution in [2.24, 2.45) is 0 Å². The Balaban J connectivity index is 1.30. The lowest BCUT2D eigenvalue weighted by molar-refractivity contribution is 0.0302. The average Bonchev–Trinajstić information content (AvgIpc) is 3.54. The van der Waals surface area contributed by atoms with Gasteiger partial charge in [0.15, 0.2) is 0 Å². The first kappa shape index (κ1) is 37.1. The molecule has 0 spiro atoms. The standard InChI is InChI=1S/C38H56N2O6/c1-4-6-8-10-12-13-14-15-17-19-29-43-34-24-20-32(21-25-34)36-39-40-38(45-36)46-37(41)33-22-26-35(27-23-33)44-30-31(3)42-28-18-16-11-9-7-5-2/h20-27,31H,4-19,28-30H2,1-3H3/t31-/m0/s1. The molecule has 0 aliphatic heterocycles. The van der Waals surface area contributed by atoms with E-state index in [9.17, 15) is 4.79 Å². The van der Waals surface area contributed by atoms with Crippen molar-refractivity contribution in [2.75, 3.05) is 19.8 Å². The maximum atomic E-state index is 12.6. The fourth-order valence-electron chi connectivity index (χ4n) is 5.09. The Kier molecular flexibility index (Phi) is 18.5. The van der Waals surface area contributed by atoms with Crippen molar-refractivity contribution in [2.45, 2.75) is 130 Å². The quantitative estimate of drug-likeness (QED) is 0.0635. The lowest BCUT2D eigenvalue weighted by Gasteiger charge is -2.14. The smallest absolute Gasteiger partial charge is 0.423 e. The minimum atomic E-state index is -0.590. The highest BCUT2D eigenvalue weighted by molar-refractivity contribution is 5.90. The monoisotopic (exact) mass is 636 g/mol. The lowest BCUT2D eigenvalue weighted by Crippen LogP contribution is -2.18. The Morgan fingerprint density at radius 1 is 0.652 bits per heavy atom. The van der Waals surface area contributed by atoms with E-state index in [4.69, 9.17) is 23.4 Å². The van der Waals surface area contributed by atoms with Crippen molar-refractivity contribution in [3.05, 3.63) is 54.1 Å². The second kappa shape index (κ2) is 23.0. The zero-order valence-corrected chi connectivity index (χ0v) is 28.5. The number of ether oxygens (including phenoxy) is 4. The van der Waals surface area contributed by atoms with Gasteiger partial charge in [0.05, 0.1) is 18.3 Å². The highest BCUT2D eigenvalue weighted by Crippen LogP contribution is 2.24. The zero-order valence-electron chi connectivity index (χ0n) is 28.5. The van der Waals surface area contributed by atoms with Gasteiger partial charge in [-0.15, -0.1) is 5.10 Å². The topological polar surface area (TPSA) is 92.9 Å². The van der Waals surface area contributed by atoms with E-state index in [0.717, 1.165) is 25.2 Å². The van der Waals surface area contributed by atoms with Crippen molar-refractivity contribution in [1.82, 2.24) is 10.2 Å². The highest BCUT2D eigenvalue weighted by Gasteiger charge is 2.16. The molecule has 0 bridgehead atoms. The van der Waals surface area contributed by atoms with Crippen molar-refractivity contribution < 1.29 is 28.2 Å². The predicted octanol–water partition coefficient (Wildman–Crippen LogP) is 10.4. The van der Waals surface area contributed by atoms with Crippen LogP contribution in [0.25, 0.3) is 11.5 Å². The van der Waals surface area contributed by atoms with Crippen LogP contribution in [0.5, 0.6) is 17.6 Å². The minimum Gasteiger partial charge on any atom is -0.494 e. The van der Waals surface area contributed by atoms with Crippen LogP contribution in [0.1, 0.15) is 134 Å². The van der Waals surface area contributed by atoms with E-state index in [1.807, 2.05) is 31.2 Å². The molecule has 1 aromatic heterocycles. The third kappa shape index (κ3) is 15.3. The van der Waals surface area contributed by atoms with Gasteiger partial charge in [-0.1, -0.05) is 109 Å². The van der Waals surface area contributed by atoms with Gasteiger partial charge in [0, 0.05) is 12.2 Å². The summed E-state index contributed by atoms with van der Waals surface area (Å²) in [6, 6.07) is 14.2. The van der Waals surface area contributed by atoms with Gasteiger partial charge in [0.25, 0.3) is 5.89 Å². The molecule has 3 rings (SSSR count). The molecule has 46 heavy (non-hydrogen) atoms. The number of unbranched alkanes of at least 4 members (excludes halogenated alkanes) is 14. The number of esters is 1. The number of nitrogens with zero attached hydrogens (tertiary/aromatic N) is 2. The first-order valence-electron chi connectivity index (χ1n) is 17.7. The normalized spacial score (nSPS) is 11.8. The van der Waals surface area contributed by atoms with Gasteiger partial charge in [-0.3, -0.25) is 0 Å². The molecule has 0 saturated carbocycles.